The smallest absolute Gasteiger partial charge is 0.337 e. The van der Waals surface area contributed by atoms with Gasteiger partial charge in [0, 0.05) is 31.3 Å². The topological polar surface area (TPSA) is 79.2 Å². The molecule has 1 aliphatic rings. The number of H-pyrrole nitrogens is 1. The van der Waals surface area contributed by atoms with E-state index in [4.69, 9.17) is 0 Å². The Morgan fingerprint density at radius 2 is 2.13 bits per heavy atom. The number of carbonyl (C=O) groups excluding carboxylic acids is 1. The van der Waals surface area contributed by atoms with Crippen LogP contribution in [0.2, 0.25) is 0 Å². The van der Waals surface area contributed by atoms with E-state index in [1.165, 1.54) is 17.5 Å². The third-order valence-corrected chi connectivity index (χ3v) is 6.26. The van der Waals surface area contributed by atoms with Gasteiger partial charge in [0.05, 0.1) is 16.3 Å². The number of aromatic nitrogens is 5. The number of thiophene rings is 1. The number of hydrogen-bond acceptors (Lipinski definition) is 5. The quantitative estimate of drug-likeness (QED) is 0.511. The first-order chi connectivity index (χ1) is 14.9. The number of hydrogen-bond donors (Lipinski definition) is 1. The second-order valence-corrected chi connectivity index (χ2v) is 8.35. The van der Waals surface area contributed by atoms with Gasteiger partial charge < -0.3 is 4.90 Å². The Kier molecular flexibility index (Phi) is 4.77. The Morgan fingerprint density at radius 3 is 2.84 bits per heavy atom. The van der Waals surface area contributed by atoms with Crippen molar-refractivity contribution < 1.29 is 18.0 Å². The number of rotatable bonds is 3. The van der Waals surface area contributed by atoms with E-state index in [0.717, 1.165) is 23.4 Å². The van der Waals surface area contributed by atoms with Crippen molar-refractivity contribution in [1.82, 2.24) is 29.7 Å². The summed E-state index contributed by atoms with van der Waals surface area (Å²) >= 11 is 1.33. The largest absolute Gasteiger partial charge is 0.433 e. The highest BCUT2D eigenvalue weighted by molar-refractivity contribution is 7.13. The zero-order chi connectivity index (χ0) is 21.6. The fourth-order valence-electron chi connectivity index (χ4n) is 3.89. The van der Waals surface area contributed by atoms with E-state index >= 15 is 0 Å². The van der Waals surface area contributed by atoms with Gasteiger partial charge in [-0.05, 0) is 36.4 Å². The van der Waals surface area contributed by atoms with Crippen molar-refractivity contribution >= 4 is 22.9 Å². The van der Waals surface area contributed by atoms with Crippen LogP contribution in [0.1, 0.15) is 40.6 Å². The van der Waals surface area contributed by atoms with Crippen molar-refractivity contribution in [3.05, 3.63) is 59.0 Å². The molecule has 1 fully saturated rings. The second-order valence-electron chi connectivity index (χ2n) is 7.40. The van der Waals surface area contributed by atoms with Gasteiger partial charge in [0.2, 0.25) is 0 Å². The number of piperidine rings is 1. The number of alkyl halides is 3. The molecule has 1 atom stereocenters. The van der Waals surface area contributed by atoms with Crippen LogP contribution in [0.4, 0.5) is 13.2 Å². The highest BCUT2D eigenvalue weighted by Gasteiger charge is 2.36. The molecule has 1 saturated heterocycles. The van der Waals surface area contributed by atoms with Crippen LogP contribution in [0.25, 0.3) is 16.2 Å². The monoisotopic (exact) mass is 446 g/mol. The lowest BCUT2D eigenvalue weighted by molar-refractivity contribution is -0.142. The lowest BCUT2D eigenvalue weighted by Crippen LogP contribution is -2.39. The Morgan fingerprint density at radius 1 is 1.26 bits per heavy atom. The molecule has 0 radical (unpaired) electrons. The van der Waals surface area contributed by atoms with E-state index in [9.17, 15) is 18.0 Å². The number of nitrogens with zero attached hydrogens (tertiary/aromatic N) is 5. The van der Waals surface area contributed by atoms with Crippen molar-refractivity contribution in [2.24, 2.45) is 0 Å². The van der Waals surface area contributed by atoms with Gasteiger partial charge in [-0.2, -0.15) is 23.4 Å². The highest BCUT2D eigenvalue weighted by atomic mass is 32.1. The van der Waals surface area contributed by atoms with Gasteiger partial charge >= 0.3 is 6.18 Å². The molecule has 5 rings (SSSR count). The second kappa shape index (κ2) is 7.49. The number of likely N-dealkylation sites (tertiary alicyclic amines) is 1. The average Bonchev–Trinajstić information content (AvgIpc) is 3.53. The third kappa shape index (κ3) is 3.69. The molecule has 0 spiro atoms. The molecule has 160 valence electrons. The maximum Gasteiger partial charge on any atom is 0.433 e. The molecule has 0 unspecified atom stereocenters. The lowest BCUT2D eigenvalue weighted by atomic mass is 9.94. The fourth-order valence-corrected chi connectivity index (χ4v) is 4.58. The Balaban J connectivity index is 1.51. The highest BCUT2D eigenvalue weighted by Crippen LogP contribution is 2.35. The van der Waals surface area contributed by atoms with E-state index in [-0.39, 0.29) is 23.2 Å². The molecule has 1 N–H and O–H groups in total. The van der Waals surface area contributed by atoms with Crippen LogP contribution in [0.15, 0.2) is 41.9 Å². The normalized spacial score (nSPS) is 17.4. The summed E-state index contributed by atoms with van der Waals surface area (Å²) in [5.74, 6) is -0.353. The summed E-state index contributed by atoms with van der Waals surface area (Å²) in [7, 11) is 0. The first-order valence-electron chi connectivity index (χ1n) is 9.70. The van der Waals surface area contributed by atoms with Crippen LogP contribution in [-0.2, 0) is 6.18 Å². The van der Waals surface area contributed by atoms with Gasteiger partial charge in [0.25, 0.3) is 5.91 Å². The number of nitrogens with one attached hydrogen (secondary N) is 1. The van der Waals surface area contributed by atoms with E-state index < -0.39 is 11.9 Å². The average molecular weight is 446 g/mol. The molecule has 0 aromatic carbocycles. The van der Waals surface area contributed by atoms with Crippen molar-refractivity contribution in [3.63, 3.8) is 0 Å². The Hall–Kier alpha value is -3.21. The summed E-state index contributed by atoms with van der Waals surface area (Å²) in [6, 6.07) is 7.74. The summed E-state index contributed by atoms with van der Waals surface area (Å²) in [4.78, 5) is 19.4. The van der Waals surface area contributed by atoms with Crippen molar-refractivity contribution in [2.45, 2.75) is 24.9 Å². The number of fused-ring (bicyclic) bond motifs is 1. The summed E-state index contributed by atoms with van der Waals surface area (Å²) in [6.45, 7) is 0.956. The van der Waals surface area contributed by atoms with Gasteiger partial charge in [-0.15, -0.1) is 11.3 Å². The van der Waals surface area contributed by atoms with E-state index in [1.807, 2.05) is 0 Å². The maximum atomic E-state index is 13.8. The van der Waals surface area contributed by atoms with Crippen LogP contribution in [0, 0.1) is 0 Å². The minimum Gasteiger partial charge on any atom is -0.337 e. The predicted molar refractivity (Wildman–Crippen MR) is 108 cm³/mol. The molecule has 0 aliphatic carbocycles. The lowest BCUT2D eigenvalue weighted by Gasteiger charge is -2.31. The summed E-state index contributed by atoms with van der Waals surface area (Å²) in [5, 5.41) is 12.5. The third-order valence-electron chi connectivity index (χ3n) is 5.37. The molecular weight excluding hydrogens is 429 g/mol. The molecule has 4 aromatic heterocycles. The molecule has 7 nitrogen and oxygen atoms in total. The minimum absolute atomic E-state index is 0.144. The standard InChI is InChI=1S/C20H17F3N6OS/c21-20(22,23)17-9-15(16-4-2-8-31-16)25-18-10-14(27-29(17)18)12-3-1-7-28(11-12)19(30)13-5-6-24-26-13/h2,4-6,8-10,12H,1,3,7,11H2,(H,24,26)/t12-/m1/s1. The molecule has 4 aromatic rings. The molecule has 31 heavy (non-hydrogen) atoms. The van der Waals surface area contributed by atoms with Crippen LogP contribution in [-0.4, -0.2) is 48.7 Å². The molecule has 11 heteroatoms. The SMILES string of the molecule is O=C(c1ccn[nH]1)N1CCC[C@@H](c2cc3nc(-c4cccs4)cc(C(F)(F)F)n3n2)C1. The van der Waals surface area contributed by atoms with E-state index in [2.05, 4.69) is 20.3 Å². The van der Waals surface area contributed by atoms with Crippen molar-refractivity contribution in [3.8, 4) is 10.6 Å². The van der Waals surface area contributed by atoms with E-state index in [0.29, 0.717) is 29.4 Å². The molecular formula is C20H17F3N6OS. The first kappa shape index (κ1) is 19.7. The van der Waals surface area contributed by atoms with Gasteiger partial charge in [-0.3, -0.25) is 9.89 Å². The van der Waals surface area contributed by atoms with Gasteiger partial charge in [0.1, 0.15) is 5.69 Å². The van der Waals surface area contributed by atoms with E-state index in [1.54, 1.807) is 34.5 Å². The molecule has 5 heterocycles. The van der Waals surface area contributed by atoms with Crippen LogP contribution in [0.3, 0.4) is 0 Å². The van der Waals surface area contributed by atoms with Crippen molar-refractivity contribution in [1.29, 1.82) is 0 Å². The van der Waals surface area contributed by atoms with Gasteiger partial charge in [0.15, 0.2) is 11.3 Å². The Labute approximate surface area is 178 Å². The Bertz CT molecular complexity index is 1220. The zero-order valence-corrected chi connectivity index (χ0v) is 17.0. The predicted octanol–water partition coefficient (Wildman–Crippen LogP) is 4.22. The number of amides is 1. The number of halogens is 3. The maximum absolute atomic E-state index is 13.8. The van der Waals surface area contributed by atoms with Crippen LogP contribution < -0.4 is 0 Å². The molecule has 1 aliphatic heterocycles. The number of aromatic amines is 1. The summed E-state index contributed by atoms with van der Waals surface area (Å²) < 4.78 is 42.2. The molecule has 1 amide bonds. The van der Waals surface area contributed by atoms with Gasteiger partial charge in [-0.25, -0.2) is 9.50 Å². The minimum atomic E-state index is -4.58. The number of carbonyl (C=O) groups is 1. The fraction of sp³-hybridized carbons (Fsp3) is 0.300. The summed E-state index contributed by atoms with van der Waals surface area (Å²) in [5.41, 5.74) is 0.431. The summed E-state index contributed by atoms with van der Waals surface area (Å²) in [6.07, 6.45) is -1.61. The zero-order valence-electron chi connectivity index (χ0n) is 16.1. The first-order valence-corrected chi connectivity index (χ1v) is 10.6. The van der Waals surface area contributed by atoms with Crippen molar-refractivity contribution in [2.75, 3.05) is 13.1 Å². The molecule has 0 saturated carbocycles. The molecule has 0 bridgehead atoms. The van der Waals surface area contributed by atoms with Gasteiger partial charge in [-0.1, -0.05) is 6.07 Å². The van der Waals surface area contributed by atoms with Crippen LogP contribution >= 0.6 is 11.3 Å². The van der Waals surface area contributed by atoms with Crippen LogP contribution in [0.5, 0.6) is 0 Å².